The van der Waals surface area contributed by atoms with Crippen LogP contribution in [0.1, 0.15) is 6.42 Å². The molecule has 0 aromatic rings. The molecule has 2 saturated heterocycles. The second-order valence-corrected chi connectivity index (χ2v) is 3.97. The number of hydrogen-bond acceptors (Lipinski definition) is 6. The van der Waals surface area contributed by atoms with E-state index >= 15 is 0 Å². The third kappa shape index (κ3) is 2.60. The van der Waals surface area contributed by atoms with Gasteiger partial charge in [-0.25, -0.2) is 9.59 Å². The van der Waals surface area contributed by atoms with Crippen molar-refractivity contribution < 1.29 is 28.5 Å². The van der Waals surface area contributed by atoms with Crippen LogP contribution in [0.25, 0.3) is 0 Å². The Bertz CT molecular complexity index is 343. The van der Waals surface area contributed by atoms with Crippen molar-refractivity contribution in [2.24, 2.45) is 0 Å². The third-order valence-corrected chi connectivity index (χ3v) is 2.78. The molecule has 0 aromatic carbocycles. The zero-order chi connectivity index (χ0) is 13.1. The topological polar surface area (TPSA) is 71.1 Å². The minimum absolute atomic E-state index is 0.307. The Morgan fingerprint density at radius 1 is 1.11 bits per heavy atom. The Labute approximate surface area is 104 Å². The second-order valence-electron chi connectivity index (χ2n) is 3.97. The first-order valence-electron chi connectivity index (χ1n) is 5.57. The number of carbonyl (C=O) groups is 2. The predicted octanol–water partition coefficient (Wildman–Crippen LogP) is 0.327. The average molecular weight is 254 g/mol. The lowest BCUT2D eigenvalue weighted by molar-refractivity contribution is -0.206. The summed E-state index contributed by atoms with van der Waals surface area (Å²) in [5, 5.41) is 0. The fourth-order valence-corrected chi connectivity index (χ4v) is 1.94. The molecule has 2 heterocycles. The Kier molecular flexibility index (Phi) is 3.78. The van der Waals surface area contributed by atoms with E-state index in [0.717, 1.165) is 12.2 Å². The molecular formula is C12H14O6. The molecule has 6 heteroatoms. The number of rotatable bonds is 4. The lowest BCUT2D eigenvalue weighted by Gasteiger charge is -2.32. The van der Waals surface area contributed by atoms with Crippen LogP contribution in [0.15, 0.2) is 25.3 Å². The number of ether oxygens (including phenoxy) is 4. The van der Waals surface area contributed by atoms with Gasteiger partial charge in [0.2, 0.25) is 0 Å². The molecule has 18 heavy (non-hydrogen) atoms. The maximum Gasteiger partial charge on any atom is 0.330 e. The summed E-state index contributed by atoms with van der Waals surface area (Å²) in [6.45, 7) is 6.94. The van der Waals surface area contributed by atoms with E-state index in [-0.39, 0.29) is 6.10 Å². The smallest absolute Gasteiger partial charge is 0.330 e. The lowest BCUT2D eigenvalue weighted by atomic mass is 10.0. The molecule has 2 bridgehead atoms. The van der Waals surface area contributed by atoms with E-state index in [1.54, 1.807) is 0 Å². The van der Waals surface area contributed by atoms with Crippen LogP contribution in [0.2, 0.25) is 0 Å². The van der Waals surface area contributed by atoms with E-state index in [1.807, 2.05) is 0 Å². The first-order chi connectivity index (χ1) is 8.63. The van der Waals surface area contributed by atoms with Gasteiger partial charge in [0, 0.05) is 18.6 Å². The number of hydrogen-bond donors (Lipinski definition) is 0. The molecular weight excluding hydrogens is 240 g/mol. The molecule has 0 aromatic heterocycles. The Morgan fingerprint density at radius 3 is 2.33 bits per heavy atom. The first kappa shape index (κ1) is 12.8. The van der Waals surface area contributed by atoms with Crippen LogP contribution < -0.4 is 0 Å². The van der Waals surface area contributed by atoms with Gasteiger partial charge < -0.3 is 18.9 Å². The van der Waals surface area contributed by atoms with Gasteiger partial charge in [0.1, 0.15) is 12.2 Å². The first-order valence-corrected chi connectivity index (χ1v) is 5.57. The normalized spacial score (nSPS) is 33.6. The van der Waals surface area contributed by atoms with Crippen LogP contribution >= 0.6 is 0 Å². The standard InChI is InChI=1S/C12H14O6/c1-3-10(13)16-7-5-8(17-11(14)4-2)12-15-6-9(7)18-12/h3-4,7-9,12H,1-2,5-6H2. The molecule has 2 aliphatic heterocycles. The molecule has 0 spiro atoms. The zero-order valence-electron chi connectivity index (χ0n) is 9.74. The summed E-state index contributed by atoms with van der Waals surface area (Å²) < 4.78 is 21.0. The van der Waals surface area contributed by atoms with Gasteiger partial charge in [-0.05, 0) is 0 Å². The van der Waals surface area contributed by atoms with Crippen molar-refractivity contribution in [2.45, 2.75) is 31.0 Å². The van der Waals surface area contributed by atoms with Gasteiger partial charge >= 0.3 is 11.9 Å². The zero-order valence-corrected chi connectivity index (χ0v) is 9.74. The summed E-state index contributed by atoms with van der Waals surface area (Å²) >= 11 is 0. The quantitative estimate of drug-likeness (QED) is 0.531. The van der Waals surface area contributed by atoms with E-state index in [2.05, 4.69) is 13.2 Å². The minimum Gasteiger partial charge on any atom is -0.456 e. The van der Waals surface area contributed by atoms with Crippen LogP contribution in [-0.4, -0.2) is 43.1 Å². The number of carbonyl (C=O) groups excluding carboxylic acids is 2. The van der Waals surface area contributed by atoms with Crippen molar-refractivity contribution in [1.82, 2.24) is 0 Å². The van der Waals surface area contributed by atoms with E-state index in [1.165, 1.54) is 0 Å². The van der Waals surface area contributed by atoms with Crippen molar-refractivity contribution in [1.29, 1.82) is 0 Å². The monoisotopic (exact) mass is 254 g/mol. The molecule has 0 amide bonds. The van der Waals surface area contributed by atoms with Crippen LogP contribution in [0.5, 0.6) is 0 Å². The molecule has 98 valence electrons. The summed E-state index contributed by atoms with van der Waals surface area (Å²) in [6.07, 6.45) is 0.455. The Morgan fingerprint density at radius 2 is 1.72 bits per heavy atom. The summed E-state index contributed by atoms with van der Waals surface area (Å²) in [4.78, 5) is 22.3. The molecule has 4 atom stereocenters. The molecule has 0 aliphatic carbocycles. The van der Waals surface area contributed by atoms with E-state index < -0.39 is 30.4 Å². The van der Waals surface area contributed by atoms with Crippen LogP contribution in [0.4, 0.5) is 0 Å². The second kappa shape index (κ2) is 5.32. The van der Waals surface area contributed by atoms with Gasteiger partial charge in [-0.15, -0.1) is 0 Å². The largest absolute Gasteiger partial charge is 0.456 e. The van der Waals surface area contributed by atoms with E-state index in [0.29, 0.717) is 13.0 Å². The molecule has 4 unspecified atom stereocenters. The summed E-state index contributed by atoms with van der Waals surface area (Å²) in [5.41, 5.74) is 0. The molecule has 6 nitrogen and oxygen atoms in total. The fourth-order valence-electron chi connectivity index (χ4n) is 1.94. The van der Waals surface area contributed by atoms with Crippen molar-refractivity contribution in [3.05, 3.63) is 25.3 Å². The van der Waals surface area contributed by atoms with E-state index in [9.17, 15) is 9.59 Å². The van der Waals surface area contributed by atoms with Crippen LogP contribution in [0, 0.1) is 0 Å². The maximum atomic E-state index is 11.2. The molecule has 0 radical (unpaired) electrons. The summed E-state index contributed by atoms with van der Waals surface area (Å²) in [5.74, 6) is -1.10. The number of esters is 2. The molecule has 0 N–H and O–H groups in total. The lowest BCUT2D eigenvalue weighted by Crippen LogP contribution is -2.45. The van der Waals surface area contributed by atoms with Crippen molar-refractivity contribution in [3.63, 3.8) is 0 Å². The maximum absolute atomic E-state index is 11.2. The summed E-state index contributed by atoms with van der Waals surface area (Å²) in [7, 11) is 0. The highest BCUT2D eigenvalue weighted by Crippen LogP contribution is 2.31. The highest BCUT2D eigenvalue weighted by Gasteiger charge is 2.47. The van der Waals surface area contributed by atoms with Gasteiger partial charge in [0.05, 0.1) is 6.61 Å². The Balaban J connectivity index is 2.00. The molecule has 0 saturated carbocycles. The van der Waals surface area contributed by atoms with Gasteiger partial charge in [-0.3, -0.25) is 0 Å². The van der Waals surface area contributed by atoms with E-state index in [4.69, 9.17) is 18.9 Å². The van der Waals surface area contributed by atoms with Gasteiger partial charge in [0.25, 0.3) is 0 Å². The SMILES string of the molecule is C=CC(=O)OC1CC(OC(=O)C=C)C2OCC1O2. The highest BCUT2D eigenvalue weighted by atomic mass is 16.8. The highest BCUT2D eigenvalue weighted by molar-refractivity contribution is 5.82. The molecule has 2 rings (SSSR count). The summed E-state index contributed by atoms with van der Waals surface area (Å²) in [6, 6.07) is 0. The predicted molar refractivity (Wildman–Crippen MR) is 59.4 cm³/mol. The van der Waals surface area contributed by atoms with Gasteiger partial charge in [-0.2, -0.15) is 0 Å². The molecule has 2 fully saturated rings. The van der Waals surface area contributed by atoms with Gasteiger partial charge in [0.15, 0.2) is 12.4 Å². The van der Waals surface area contributed by atoms with Crippen molar-refractivity contribution in [2.75, 3.05) is 6.61 Å². The van der Waals surface area contributed by atoms with Gasteiger partial charge in [-0.1, -0.05) is 13.2 Å². The number of fused-ring (bicyclic) bond motifs is 2. The van der Waals surface area contributed by atoms with Crippen LogP contribution in [0.3, 0.4) is 0 Å². The third-order valence-electron chi connectivity index (χ3n) is 2.78. The average Bonchev–Trinajstić information content (AvgIpc) is 2.80. The van der Waals surface area contributed by atoms with Crippen LogP contribution in [-0.2, 0) is 28.5 Å². The van der Waals surface area contributed by atoms with Crippen molar-refractivity contribution in [3.8, 4) is 0 Å². The molecule has 2 aliphatic rings. The van der Waals surface area contributed by atoms with Crippen molar-refractivity contribution >= 4 is 11.9 Å². The fraction of sp³-hybridized carbons (Fsp3) is 0.500. The Hall–Kier alpha value is -1.66. The minimum atomic E-state index is -0.600.